The summed E-state index contributed by atoms with van der Waals surface area (Å²) in [5.41, 5.74) is 4.53. The maximum absolute atomic E-state index is 13.0. The van der Waals surface area contributed by atoms with Gasteiger partial charge in [0, 0.05) is 54.8 Å². The van der Waals surface area contributed by atoms with E-state index < -0.39 is 0 Å². The van der Waals surface area contributed by atoms with Crippen LogP contribution in [0.5, 0.6) is 0 Å². The summed E-state index contributed by atoms with van der Waals surface area (Å²) in [6.45, 7) is 6.45. The molecule has 148 valence electrons. The predicted molar refractivity (Wildman–Crippen MR) is 111 cm³/mol. The minimum atomic E-state index is -0.0559. The number of amides is 1. The Bertz CT molecular complexity index is 972. The molecule has 3 N–H and O–H groups in total. The van der Waals surface area contributed by atoms with Crippen molar-refractivity contribution >= 4 is 16.8 Å². The minimum absolute atomic E-state index is 0.0559. The van der Waals surface area contributed by atoms with E-state index in [1.165, 1.54) is 10.9 Å². The second kappa shape index (κ2) is 7.80. The van der Waals surface area contributed by atoms with E-state index in [9.17, 15) is 4.79 Å². The van der Waals surface area contributed by atoms with Crippen molar-refractivity contribution in [2.24, 2.45) is 5.92 Å². The zero-order valence-electron chi connectivity index (χ0n) is 16.9. The summed E-state index contributed by atoms with van der Waals surface area (Å²) < 4.78 is 0. The number of hydrogen-bond donors (Lipinski definition) is 3. The van der Waals surface area contributed by atoms with Crippen LogP contribution in [-0.2, 0) is 17.6 Å². The van der Waals surface area contributed by atoms with Crippen LogP contribution >= 0.6 is 0 Å². The molecule has 2 aromatic heterocycles. The summed E-state index contributed by atoms with van der Waals surface area (Å²) in [6, 6.07) is 8.28. The van der Waals surface area contributed by atoms with Crippen LogP contribution in [0, 0.1) is 12.8 Å². The SMILES string of the molecule is CCc1nc([C@H]2CN(C)C[C@@H]2C(=O)NCCc2c[nH]c3ccccc23)c(C)[nH]1. The molecule has 3 aromatic rings. The van der Waals surface area contributed by atoms with E-state index in [0.717, 1.165) is 48.7 Å². The molecular weight excluding hydrogens is 350 g/mol. The zero-order valence-corrected chi connectivity index (χ0v) is 16.9. The molecule has 1 fully saturated rings. The molecule has 2 atom stereocenters. The van der Waals surface area contributed by atoms with E-state index >= 15 is 0 Å². The number of para-hydroxylation sites is 1. The molecule has 0 spiro atoms. The van der Waals surface area contributed by atoms with Crippen molar-refractivity contribution in [1.82, 2.24) is 25.2 Å². The molecule has 1 saturated heterocycles. The number of hydrogen-bond acceptors (Lipinski definition) is 3. The normalized spacial score (nSPS) is 20.1. The van der Waals surface area contributed by atoms with Crippen molar-refractivity contribution in [1.29, 1.82) is 0 Å². The number of H-pyrrole nitrogens is 2. The number of likely N-dealkylation sites (tertiary alicyclic amines) is 1. The molecule has 1 aromatic carbocycles. The number of likely N-dealkylation sites (N-methyl/N-ethyl adjacent to an activating group) is 1. The summed E-state index contributed by atoms with van der Waals surface area (Å²) in [6.07, 6.45) is 3.75. The lowest BCUT2D eigenvalue weighted by molar-refractivity contribution is -0.124. The van der Waals surface area contributed by atoms with E-state index in [2.05, 4.69) is 53.2 Å². The average molecular weight is 380 g/mol. The number of benzene rings is 1. The molecule has 1 aliphatic rings. The number of rotatable bonds is 6. The van der Waals surface area contributed by atoms with Crippen LogP contribution < -0.4 is 5.32 Å². The van der Waals surface area contributed by atoms with Gasteiger partial charge in [0.2, 0.25) is 5.91 Å². The smallest absolute Gasteiger partial charge is 0.225 e. The molecule has 0 bridgehead atoms. The molecule has 0 aliphatic carbocycles. The maximum Gasteiger partial charge on any atom is 0.225 e. The molecule has 6 heteroatoms. The minimum Gasteiger partial charge on any atom is -0.361 e. The van der Waals surface area contributed by atoms with Gasteiger partial charge in [-0.15, -0.1) is 0 Å². The van der Waals surface area contributed by atoms with Gasteiger partial charge >= 0.3 is 0 Å². The third kappa shape index (κ3) is 3.56. The predicted octanol–water partition coefficient (Wildman–Crippen LogP) is 2.77. The van der Waals surface area contributed by atoms with Crippen molar-refractivity contribution in [2.45, 2.75) is 32.6 Å². The Kier molecular flexibility index (Phi) is 5.22. The van der Waals surface area contributed by atoms with E-state index in [-0.39, 0.29) is 17.7 Å². The summed E-state index contributed by atoms with van der Waals surface area (Å²) in [5, 5.41) is 4.40. The van der Waals surface area contributed by atoms with Crippen molar-refractivity contribution in [3.8, 4) is 0 Å². The first-order chi connectivity index (χ1) is 13.6. The standard InChI is InChI=1S/C22H29N5O/c1-4-20-25-14(2)21(26-20)17-12-27(3)13-18(17)22(28)23-10-9-15-11-24-19-8-6-5-7-16(15)19/h5-8,11,17-18,24H,4,9-10,12-13H2,1-3H3,(H,23,28)(H,25,26)/t17-,18-/m0/s1. The fourth-order valence-corrected chi connectivity index (χ4v) is 4.40. The lowest BCUT2D eigenvalue weighted by Crippen LogP contribution is -2.35. The van der Waals surface area contributed by atoms with Crippen LogP contribution in [-0.4, -0.2) is 52.4 Å². The van der Waals surface area contributed by atoms with Gasteiger partial charge in [-0.3, -0.25) is 4.79 Å². The van der Waals surface area contributed by atoms with Crippen LogP contribution in [0.3, 0.4) is 0 Å². The Morgan fingerprint density at radius 2 is 2.14 bits per heavy atom. The number of nitrogens with zero attached hydrogens (tertiary/aromatic N) is 2. The number of nitrogens with one attached hydrogen (secondary N) is 3. The van der Waals surface area contributed by atoms with Crippen molar-refractivity contribution < 1.29 is 4.79 Å². The maximum atomic E-state index is 13.0. The number of carbonyl (C=O) groups excluding carboxylic acids is 1. The van der Waals surface area contributed by atoms with Crippen LogP contribution in [0.4, 0.5) is 0 Å². The van der Waals surface area contributed by atoms with E-state index in [1.54, 1.807) is 0 Å². The van der Waals surface area contributed by atoms with Gasteiger partial charge < -0.3 is 20.2 Å². The first-order valence-corrected chi connectivity index (χ1v) is 10.1. The van der Waals surface area contributed by atoms with Gasteiger partial charge in [-0.05, 0) is 32.0 Å². The zero-order chi connectivity index (χ0) is 19.7. The number of imidazole rings is 1. The van der Waals surface area contributed by atoms with Crippen LogP contribution in [0.2, 0.25) is 0 Å². The van der Waals surface area contributed by atoms with Gasteiger partial charge in [-0.2, -0.15) is 0 Å². The molecule has 6 nitrogen and oxygen atoms in total. The first kappa shape index (κ1) is 18.7. The van der Waals surface area contributed by atoms with E-state index in [0.29, 0.717) is 6.54 Å². The molecule has 28 heavy (non-hydrogen) atoms. The number of fused-ring (bicyclic) bond motifs is 1. The highest BCUT2D eigenvalue weighted by molar-refractivity contribution is 5.83. The molecule has 0 saturated carbocycles. The lowest BCUT2D eigenvalue weighted by atomic mass is 9.91. The van der Waals surface area contributed by atoms with Gasteiger partial charge in [0.15, 0.2) is 0 Å². The molecular formula is C22H29N5O. The van der Waals surface area contributed by atoms with Crippen molar-refractivity contribution in [2.75, 3.05) is 26.7 Å². The van der Waals surface area contributed by atoms with Crippen LogP contribution in [0.15, 0.2) is 30.5 Å². The van der Waals surface area contributed by atoms with Crippen LogP contribution in [0.25, 0.3) is 10.9 Å². The van der Waals surface area contributed by atoms with Gasteiger partial charge in [0.25, 0.3) is 0 Å². The molecule has 1 aliphatic heterocycles. The van der Waals surface area contributed by atoms with E-state index in [4.69, 9.17) is 4.98 Å². The second-order valence-electron chi connectivity index (χ2n) is 7.88. The number of aryl methyl sites for hydroxylation is 2. The Hall–Kier alpha value is -2.60. The summed E-state index contributed by atoms with van der Waals surface area (Å²) in [7, 11) is 2.08. The highest BCUT2D eigenvalue weighted by Crippen LogP contribution is 2.33. The second-order valence-corrected chi connectivity index (χ2v) is 7.88. The third-order valence-corrected chi connectivity index (χ3v) is 5.87. The molecule has 1 amide bonds. The van der Waals surface area contributed by atoms with Crippen molar-refractivity contribution in [3.05, 3.63) is 53.2 Å². The van der Waals surface area contributed by atoms with Gasteiger partial charge in [0.1, 0.15) is 5.82 Å². The van der Waals surface area contributed by atoms with Gasteiger partial charge in [-0.1, -0.05) is 25.1 Å². The fraction of sp³-hybridized carbons (Fsp3) is 0.455. The number of aromatic nitrogens is 3. The first-order valence-electron chi connectivity index (χ1n) is 10.1. The topological polar surface area (TPSA) is 76.8 Å². The van der Waals surface area contributed by atoms with Crippen molar-refractivity contribution in [3.63, 3.8) is 0 Å². The number of aromatic amines is 2. The molecule has 3 heterocycles. The molecule has 0 radical (unpaired) electrons. The number of carbonyl (C=O) groups is 1. The van der Waals surface area contributed by atoms with Crippen LogP contribution in [0.1, 0.15) is 35.6 Å². The fourth-order valence-electron chi connectivity index (χ4n) is 4.40. The van der Waals surface area contributed by atoms with Gasteiger partial charge in [-0.25, -0.2) is 4.98 Å². The Morgan fingerprint density at radius 3 is 2.93 bits per heavy atom. The molecule has 0 unspecified atom stereocenters. The Labute approximate surface area is 165 Å². The monoisotopic (exact) mass is 379 g/mol. The van der Waals surface area contributed by atoms with E-state index in [1.807, 2.05) is 18.3 Å². The summed E-state index contributed by atoms with van der Waals surface area (Å²) >= 11 is 0. The molecule has 4 rings (SSSR count). The largest absolute Gasteiger partial charge is 0.361 e. The average Bonchev–Trinajstić information content (AvgIpc) is 3.38. The van der Waals surface area contributed by atoms with Gasteiger partial charge in [0.05, 0.1) is 11.6 Å². The third-order valence-electron chi connectivity index (χ3n) is 5.87. The highest BCUT2D eigenvalue weighted by Gasteiger charge is 2.39. The Balaban J connectivity index is 1.42. The Morgan fingerprint density at radius 1 is 1.32 bits per heavy atom. The summed E-state index contributed by atoms with van der Waals surface area (Å²) in [4.78, 5) is 26.6. The summed E-state index contributed by atoms with van der Waals surface area (Å²) in [5.74, 6) is 1.23. The lowest BCUT2D eigenvalue weighted by Gasteiger charge is -2.17. The highest BCUT2D eigenvalue weighted by atomic mass is 16.1. The quantitative estimate of drug-likeness (QED) is 0.616.